The molecular formula is C132H92N10. The van der Waals surface area contributed by atoms with Crippen molar-refractivity contribution in [3.8, 4) is 141 Å². The maximum Gasteiger partial charge on any atom is 0.164 e. The van der Waals surface area contributed by atoms with E-state index >= 15 is 0 Å². The van der Waals surface area contributed by atoms with Crippen molar-refractivity contribution in [2.75, 3.05) is 0 Å². The molecule has 0 saturated heterocycles. The summed E-state index contributed by atoms with van der Waals surface area (Å²) in [7, 11) is 0. The van der Waals surface area contributed by atoms with Crippen LogP contribution in [0.5, 0.6) is 0 Å². The molecule has 0 spiro atoms. The molecule has 0 bridgehead atoms. The first-order chi connectivity index (χ1) is 69.9. The molecule has 0 saturated carbocycles. The zero-order valence-electron chi connectivity index (χ0n) is 78.7. The summed E-state index contributed by atoms with van der Waals surface area (Å²) in [5.74, 6) is 4.23. The highest BCUT2D eigenvalue weighted by Crippen LogP contribution is 2.60. The molecule has 0 fully saturated rings. The van der Waals surface area contributed by atoms with E-state index in [1.807, 2.05) is 84.9 Å². The Bertz CT molecular complexity index is 9030. The lowest BCUT2D eigenvalue weighted by molar-refractivity contribution is 0.661. The molecule has 0 radical (unpaired) electrons. The van der Waals surface area contributed by atoms with E-state index in [0.29, 0.717) is 17.5 Å². The van der Waals surface area contributed by atoms with Crippen LogP contribution in [0.4, 0.5) is 0 Å². The number of para-hydroxylation sites is 4. The molecule has 142 heavy (non-hydrogen) atoms. The van der Waals surface area contributed by atoms with Crippen molar-refractivity contribution in [2.24, 2.45) is 0 Å². The largest absolute Gasteiger partial charge is 0.309 e. The Labute approximate surface area is 823 Å². The van der Waals surface area contributed by atoms with E-state index in [4.69, 9.17) is 34.9 Å². The van der Waals surface area contributed by atoms with E-state index in [-0.39, 0.29) is 10.8 Å². The highest BCUT2D eigenvalue weighted by Gasteiger charge is 2.48. The molecule has 670 valence electrons. The topological polar surface area (TPSA) is 105 Å². The fraction of sp³-hybridized carbons (Fsp3) is 0.0530. The minimum Gasteiger partial charge on any atom is -0.309 e. The Kier molecular flexibility index (Phi) is 20.3. The lowest BCUT2D eigenvalue weighted by Crippen LogP contribution is -2.28. The van der Waals surface area contributed by atoms with Crippen LogP contribution in [-0.2, 0) is 16.2 Å². The Morgan fingerprint density at radius 1 is 0.183 bits per heavy atom. The molecule has 0 amide bonds. The standard InChI is InChI=1S/C52H34N4.C43H31N3.C37H27N3/c1-6-18-35(19-7-1)49-53-50(36-20-8-2-9-21-36)55-51(54-49)37-30-31-41-43-34-48-44(42-28-16-17-29-47(42)56(48)40-26-14-5-15-27-40)33-46(43)52(45(41)32-37,38-22-10-3-11-23-38)39-24-12-4-13-25-39;1-43(2)36-22-11-9-20-32(36)34-25-35-33-21-10-12-23-40(33)46(41(35)26-37(34)43)31-19-13-18-30(24-31)39-27-38(28-14-5-3-6-15-28)44-42(45-39)29-16-7-4-8-17-29;1-37(2)29-19-11-9-17-26(29)27-21-22-32-34(35(27)37)28-18-10-12-20-31(28)40(32)33-23-30(24-13-5-3-6-14-24)38-36(39-33)25-15-7-4-8-16-25/h1-34H;3-27H,1-2H3;3-23H,1-2H3. The predicted molar refractivity (Wildman–Crippen MR) is 583 cm³/mol. The molecule has 0 unspecified atom stereocenters. The maximum atomic E-state index is 5.19. The number of benzene rings is 19. The zero-order chi connectivity index (χ0) is 94.7. The fourth-order valence-corrected chi connectivity index (χ4v) is 22.8. The van der Waals surface area contributed by atoms with E-state index in [9.17, 15) is 0 Å². The van der Waals surface area contributed by atoms with Gasteiger partial charge in [-0.3, -0.25) is 4.57 Å². The van der Waals surface area contributed by atoms with Gasteiger partial charge in [0, 0.05) is 105 Å². The monoisotopic (exact) mass is 1820 g/mol. The van der Waals surface area contributed by atoms with Crippen molar-refractivity contribution in [3.63, 3.8) is 0 Å². The molecule has 28 rings (SSSR count). The molecule has 0 aliphatic heterocycles. The van der Waals surface area contributed by atoms with E-state index in [2.05, 4.69) is 442 Å². The highest BCUT2D eigenvalue weighted by atomic mass is 15.1. The molecule has 0 N–H and O–H groups in total. The molecule has 10 heteroatoms. The normalized spacial score (nSPS) is 13.1. The summed E-state index contributed by atoms with van der Waals surface area (Å²) in [6, 6.07) is 172. The van der Waals surface area contributed by atoms with E-state index in [1.165, 1.54) is 132 Å². The highest BCUT2D eigenvalue weighted by molar-refractivity contribution is 6.16. The Balaban J connectivity index is 0.000000111. The molecular weight excluding hydrogens is 1730 g/mol. The average molecular weight is 1820 g/mol. The van der Waals surface area contributed by atoms with Gasteiger partial charge in [-0.2, -0.15) is 0 Å². The quantitative estimate of drug-likeness (QED) is 0.113. The smallest absolute Gasteiger partial charge is 0.164 e. The molecule has 25 aromatic rings. The third-order valence-corrected chi connectivity index (χ3v) is 29.3. The number of hydrogen-bond donors (Lipinski definition) is 0. The Hall–Kier alpha value is -18.3. The minimum absolute atomic E-state index is 0.0775. The number of aromatic nitrogens is 10. The van der Waals surface area contributed by atoms with Crippen molar-refractivity contribution >= 4 is 65.4 Å². The zero-order valence-corrected chi connectivity index (χ0v) is 78.7. The lowest BCUT2D eigenvalue weighted by atomic mass is 9.67. The summed E-state index contributed by atoms with van der Waals surface area (Å²) in [6.45, 7) is 9.41. The molecule has 10 nitrogen and oxygen atoms in total. The van der Waals surface area contributed by atoms with Gasteiger partial charge in [-0.25, -0.2) is 34.9 Å². The molecule has 3 aliphatic rings. The predicted octanol–water partition coefficient (Wildman–Crippen LogP) is 32.4. The maximum absolute atomic E-state index is 5.19. The van der Waals surface area contributed by atoms with Crippen molar-refractivity contribution < 1.29 is 0 Å². The van der Waals surface area contributed by atoms with Gasteiger partial charge < -0.3 is 9.13 Å². The van der Waals surface area contributed by atoms with E-state index in [0.717, 1.165) is 101 Å². The molecule has 6 aromatic heterocycles. The summed E-state index contributed by atoms with van der Waals surface area (Å²) in [5, 5.41) is 7.53. The Morgan fingerprint density at radius 2 is 0.556 bits per heavy atom. The summed E-state index contributed by atoms with van der Waals surface area (Å²) < 4.78 is 7.15. The van der Waals surface area contributed by atoms with Crippen LogP contribution < -0.4 is 0 Å². The number of nitrogens with zero attached hydrogens (tertiary/aromatic N) is 10. The second-order valence-electron chi connectivity index (χ2n) is 38.1. The van der Waals surface area contributed by atoms with Gasteiger partial charge in [-0.05, 0) is 163 Å². The van der Waals surface area contributed by atoms with Crippen LogP contribution in [0.1, 0.15) is 72.2 Å². The van der Waals surface area contributed by atoms with Crippen molar-refractivity contribution in [2.45, 2.75) is 43.9 Å². The van der Waals surface area contributed by atoms with Gasteiger partial charge in [-0.1, -0.05) is 422 Å². The van der Waals surface area contributed by atoms with Crippen LogP contribution in [-0.4, -0.2) is 48.6 Å². The van der Waals surface area contributed by atoms with Crippen molar-refractivity contribution in [1.82, 2.24) is 48.6 Å². The first-order valence-electron chi connectivity index (χ1n) is 48.7. The molecule has 6 heterocycles. The summed E-state index contributed by atoms with van der Waals surface area (Å²) in [6.07, 6.45) is 0. The number of fused-ring (bicyclic) bond motifs is 19. The third kappa shape index (κ3) is 13.9. The van der Waals surface area contributed by atoms with Gasteiger partial charge in [0.15, 0.2) is 29.1 Å². The van der Waals surface area contributed by atoms with Crippen LogP contribution in [0.25, 0.3) is 207 Å². The van der Waals surface area contributed by atoms with E-state index < -0.39 is 5.41 Å². The molecule has 3 aliphatic carbocycles. The summed E-state index contributed by atoms with van der Waals surface area (Å²) in [4.78, 5) is 35.6. The number of rotatable bonds is 13. The fourth-order valence-electron chi connectivity index (χ4n) is 22.8. The molecule has 19 aromatic carbocycles. The Morgan fingerprint density at radius 3 is 1.11 bits per heavy atom. The van der Waals surface area contributed by atoms with Crippen LogP contribution in [0, 0.1) is 0 Å². The lowest BCUT2D eigenvalue weighted by Gasteiger charge is -2.34. The van der Waals surface area contributed by atoms with Gasteiger partial charge in [0.25, 0.3) is 0 Å². The van der Waals surface area contributed by atoms with E-state index in [1.54, 1.807) is 0 Å². The average Bonchev–Trinajstić information content (AvgIpc) is 1.53. The van der Waals surface area contributed by atoms with Crippen molar-refractivity contribution in [3.05, 3.63) is 530 Å². The third-order valence-electron chi connectivity index (χ3n) is 29.3. The second kappa shape index (κ2) is 34.2. The van der Waals surface area contributed by atoms with Gasteiger partial charge in [0.2, 0.25) is 0 Å². The van der Waals surface area contributed by atoms with Crippen LogP contribution >= 0.6 is 0 Å². The first-order valence-corrected chi connectivity index (χ1v) is 48.7. The van der Waals surface area contributed by atoms with Crippen LogP contribution in [0.3, 0.4) is 0 Å². The van der Waals surface area contributed by atoms with Crippen molar-refractivity contribution in [1.29, 1.82) is 0 Å². The van der Waals surface area contributed by atoms with Gasteiger partial charge in [0.05, 0.1) is 55.6 Å². The van der Waals surface area contributed by atoms with Gasteiger partial charge in [-0.15, -0.1) is 0 Å². The first kappa shape index (κ1) is 84.3. The SMILES string of the molecule is CC1(C)c2ccccc2-c2cc3c4ccccc4n(-c4cccc(-c5cc(-c6ccccc6)nc(-c6ccccc6)n5)c4)c3cc21.CC1(C)c2ccccc2-c2ccc3c(c21)c1ccccc1n3-c1cc(-c2ccccc2)nc(-c2ccccc2)n1.c1ccc(-c2nc(-c3ccccc3)nc(-c3ccc4c(c3)C(c3ccccc3)(c3ccccc3)c3cc5c6ccccc6n(-c6ccccc6)c5cc3-4)n2)cc1. The van der Waals surface area contributed by atoms with Gasteiger partial charge >= 0.3 is 0 Å². The van der Waals surface area contributed by atoms with Gasteiger partial charge in [0.1, 0.15) is 5.82 Å². The summed E-state index contributed by atoms with van der Waals surface area (Å²) >= 11 is 0. The summed E-state index contributed by atoms with van der Waals surface area (Å²) in [5.41, 5.74) is 37.4. The number of hydrogen-bond acceptors (Lipinski definition) is 7. The van der Waals surface area contributed by atoms with Crippen LogP contribution in [0.2, 0.25) is 0 Å². The second-order valence-corrected chi connectivity index (χ2v) is 38.1. The minimum atomic E-state index is -0.620. The molecule has 0 atom stereocenters. The van der Waals surface area contributed by atoms with Crippen LogP contribution in [0.15, 0.2) is 485 Å².